The number of ether oxygens (including phenoxy) is 4. The van der Waals surface area contributed by atoms with Gasteiger partial charge in [-0.25, -0.2) is 0 Å². The van der Waals surface area contributed by atoms with Gasteiger partial charge >= 0.3 is 0 Å². The van der Waals surface area contributed by atoms with Crippen LogP contribution < -0.4 is 0 Å². The van der Waals surface area contributed by atoms with E-state index in [0.717, 1.165) is 31.3 Å². The van der Waals surface area contributed by atoms with E-state index in [-0.39, 0.29) is 30.2 Å². The van der Waals surface area contributed by atoms with Crippen molar-refractivity contribution >= 4 is 0 Å². The molecule has 0 aromatic rings. The maximum atomic E-state index is 6.34. The van der Waals surface area contributed by atoms with Crippen LogP contribution in [0.25, 0.3) is 0 Å². The molecular weight excluding hydrogens is 244 g/mol. The Balaban J connectivity index is 1.71. The fourth-order valence-electron chi connectivity index (χ4n) is 3.49. The largest absolute Gasteiger partial charge is 0.366 e. The Kier molecular flexibility index (Phi) is 3.54. The zero-order chi connectivity index (χ0) is 13.5. The predicted molar refractivity (Wildman–Crippen MR) is 69.8 cm³/mol. The fourth-order valence-corrected chi connectivity index (χ4v) is 3.49. The molecule has 3 aliphatic rings. The highest BCUT2D eigenvalue weighted by atomic mass is 16.7. The number of rotatable bonds is 3. The van der Waals surface area contributed by atoms with E-state index < -0.39 is 0 Å². The molecule has 3 heterocycles. The first-order valence-corrected chi connectivity index (χ1v) is 7.00. The average Bonchev–Trinajstić information content (AvgIpc) is 2.71. The molecule has 0 aliphatic carbocycles. The highest BCUT2D eigenvalue weighted by molar-refractivity contribution is 5.06. The lowest BCUT2D eigenvalue weighted by molar-refractivity contribution is -0.230. The molecule has 0 saturated carbocycles. The van der Waals surface area contributed by atoms with Gasteiger partial charge in [0.25, 0.3) is 0 Å². The summed E-state index contributed by atoms with van der Waals surface area (Å²) in [6, 6.07) is 0. The third kappa shape index (κ3) is 2.28. The molecular formula is C15H22O4. The van der Waals surface area contributed by atoms with Crippen LogP contribution in [0.4, 0.5) is 0 Å². The molecule has 3 saturated heterocycles. The van der Waals surface area contributed by atoms with E-state index >= 15 is 0 Å². The Labute approximate surface area is 114 Å². The molecule has 4 heteroatoms. The Morgan fingerprint density at radius 1 is 1.47 bits per heavy atom. The molecule has 3 fully saturated rings. The lowest BCUT2D eigenvalue weighted by Crippen LogP contribution is -2.54. The van der Waals surface area contributed by atoms with Crippen molar-refractivity contribution in [2.24, 2.45) is 0 Å². The fraction of sp³-hybridized carbons (Fsp3) is 0.800. The normalized spacial score (nSPS) is 44.5. The third-order valence-electron chi connectivity index (χ3n) is 4.49. The van der Waals surface area contributed by atoms with Crippen LogP contribution in [0.5, 0.6) is 0 Å². The summed E-state index contributed by atoms with van der Waals surface area (Å²) >= 11 is 0. The van der Waals surface area contributed by atoms with Gasteiger partial charge in [0.15, 0.2) is 6.29 Å². The van der Waals surface area contributed by atoms with Gasteiger partial charge in [-0.2, -0.15) is 0 Å². The van der Waals surface area contributed by atoms with E-state index in [9.17, 15) is 0 Å². The molecule has 106 valence electrons. The maximum Gasteiger partial charge on any atom is 0.183 e. The highest BCUT2D eigenvalue weighted by Crippen LogP contribution is 2.46. The summed E-state index contributed by atoms with van der Waals surface area (Å²) in [4.78, 5) is 0. The summed E-state index contributed by atoms with van der Waals surface area (Å²) in [5.41, 5.74) is 3.84. The standard InChI is InChI=1S/C15H22O4/c1-4-10(2)7-11-5-6-13-15(19-11)8-12(18-13)14(16-3)17-9-15/h11-14H,1,5-9H2,2-3H3/t11?,12-,13+,14-,15-/m1/s1. The third-order valence-corrected chi connectivity index (χ3v) is 4.49. The molecule has 5 atom stereocenters. The molecule has 2 bridgehead atoms. The topological polar surface area (TPSA) is 36.9 Å². The van der Waals surface area contributed by atoms with Gasteiger partial charge in [-0.15, -0.1) is 5.73 Å². The predicted octanol–water partition coefficient (Wildman–Crippen LogP) is 2.19. The summed E-state index contributed by atoms with van der Waals surface area (Å²) in [5, 5.41) is 0. The van der Waals surface area contributed by atoms with Crippen LogP contribution in [0.2, 0.25) is 0 Å². The second-order valence-electron chi connectivity index (χ2n) is 5.83. The average molecular weight is 266 g/mol. The second-order valence-corrected chi connectivity index (χ2v) is 5.83. The number of hydrogen-bond donors (Lipinski definition) is 0. The van der Waals surface area contributed by atoms with Gasteiger partial charge in [-0.05, 0) is 25.3 Å². The lowest BCUT2D eigenvalue weighted by atomic mass is 9.85. The van der Waals surface area contributed by atoms with Crippen molar-refractivity contribution < 1.29 is 18.9 Å². The molecule has 0 radical (unpaired) electrons. The minimum Gasteiger partial charge on any atom is -0.366 e. The zero-order valence-electron chi connectivity index (χ0n) is 11.7. The van der Waals surface area contributed by atoms with E-state index in [1.54, 1.807) is 7.11 Å². The zero-order valence-corrected chi connectivity index (χ0v) is 11.7. The quantitative estimate of drug-likeness (QED) is 0.734. The molecule has 1 spiro atoms. The van der Waals surface area contributed by atoms with E-state index in [0.29, 0.717) is 6.61 Å². The van der Waals surface area contributed by atoms with Crippen molar-refractivity contribution in [2.75, 3.05) is 13.7 Å². The van der Waals surface area contributed by atoms with Gasteiger partial charge in [0, 0.05) is 20.0 Å². The van der Waals surface area contributed by atoms with Crippen molar-refractivity contribution in [3.05, 3.63) is 17.9 Å². The van der Waals surface area contributed by atoms with Gasteiger partial charge in [0.05, 0.1) is 18.8 Å². The van der Waals surface area contributed by atoms with Gasteiger partial charge in [0.2, 0.25) is 0 Å². The van der Waals surface area contributed by atoms with Crippen LogP contribution in [-0.2, 0) is 18.9 Å². The van der Waals surface area contributed by atoms with Crippen molar-refractivity contribution in [1.82, 2.24) is 0 Å². The van der Waals surface area contributed by atoms with Crippen molar-refractivity contribution in [2.45, 2.75) is 62.8 Å². The first-order valence-electron chi connectivity index (χ1n) is 7.00. The SMILES string of the molecule is C=C=C(C)CC1CC[C@@H]2O[C@@H]3C[C@]2(CO[C@H]3OC)O1. The van der Waals surface area contributed by atoms with Crippen LogP contribution in [0.1, 0.15) is 32.6 Å². The Morgan fingerprint density at radius 2 is 2.32 bits per heavy atom. The van der Waals surface area contributed by atoms with Crippen LogP contribution >= 0.6 is 0 Å². The first-order chi connectivity index (χ1) is 9.16. The van der Waals surface area contributed by atoms with Crippen molar-refractivity contribution in [3.63, 3.8) is 0 Å². The molecule has 0 N–H and O–H groups in total. The summed E-state index contributed by atoms with van der Waals surface area (Å²) in [6.45, 7) is 6.31. The Bertz CT molecular complexity index is 401. The molecule has 0 aromatic heterocycles. The molecule has 0 amide bonds. The van der Waals surface area contributed by atoms with E-state index in [2.05, 4.69) is 12.3 Å². The monoisotopic (exact) mass is 266 g/mol. The number of methoxy groups -OCH3 is 1. The van der Waals surface area contributed by atoms with Crippen LogP contribution in [-0.4, -0.2) is 43.9 Å². The van der Waals surface area contributed by atoms with Crippen LogP contribution in [0.15, 0.2) is 17.9 Å². The van der Waals surface area contributed by atoms with Crippen LogP contribution in [0.3, 0.4) is 0 Å². The minimum absolute atomic E-state index is 0.0125. The van der Waals surface area contributed by atoms with Gasteiger partial charge in [0.1, 0.15) is 11.7 Å². The molecule has 0 aromatic carbocycles. The summed E-state index contributed by atoms with van der Waals surface area (Å²) in [6.07, 6.45) is 3.99. The molecule has 1 unspecified atom stereocenters. The van der Waals surface area contributed by atoms with E-state index in [4.69, 9.17) is 18.9 Å². The maximum absolute atomic E-state index is 6.34. The number of fused-ring (bicyclic) bond motifs is 1. The van der Waals surface area contributed by atoms with Crippen molar-refractivity contribution in [3.8, 4) is 0 Å². The smallest absolute Gasteiger partial charge is 0.183 e. The molecule has 19 heavy (non-hydrogen) atoms. The summed E-state index contributed by atoms with van der Waals surface area (Å²) in [7, 11) is 1.66. The van der Waals surface area contributed by atoms with Gasteiger partial charge < -0.3 is 18.9 Å². The summed E-state index contributed by atoms with van der Waals surface area (Å²) < 4.78 is 23.4. The van der Waals surface area contributed by atoms with Crippen molar-refractivity contribution in [1.29, 1.82) is 0 Å². The lowest BCUT2D eigenvalue weighted by Gasteiger charge is -2.43. The van der Waals surface area contributed by atoms with Gasteiger partial charge in [-0.1, -0.05) is 6.58 Å². The van der Waals surface area contributed by atoms with E-state index in [1.807, 2.05) is 6.92 Å². The number of hydrogen-bond acceptors (Lipinski definition) is 4. The van der Waals surface area contributed by atoms with Gasteiger partial charge in [-0.3, -0.25) is 0 Å². The summed E-state index contributed by atoms with van der Waals surface area (Å²) in [5.74, 6) is 0. The second kappa shape index (κ2) is 5.04. The van der Waals surface area contributed by atoms with Crippen LogP contribution in [0, 0.1) is 0 Å². The minimum atomic E-state index is -0.260. The van der Waals surface area contributed by atoms with E-state index in [1.165, 1.54) is 0 Å². The molecule has 3 aliphatic heterocycles. The Morgan fingerprint density at radius 3 is 3.05 bits per heavy atom. The first kappa shape index (κ1) is 13.3. The highest BCUT2D eigenvalue weighted by Gasteiger charge is 2.58. The molecule has 3 rings (SSSR count). The molecule has 4 nitrogen and oxygen atoms in total. The Hall–Kier alpha value is -0.640.